The molecule has 0 rings (SSSR count). The number of nitro groups is 2. The van der Waals surface area contributed by atoms with Crippen molar-refractivity contribution < 1.29 is 14.6 Å². The van der Waals surface area contributed by atoms with Crippen LogP contribution in [0.5, 0.6) is 0 Å². The second-order valence-corrected chi connectivity index (χ2v) is 6.49. The molecule has 0 fully saturated rings. The molecular formula is C20H32N2O5. The highest BCUT2D eigenvalue weighted by Gasteiger charge is 2.55. The number of carbonyl (C=O) groups is 1. The van der Waals surface area contributed by atoms with Gasteiger partial charge in [-0.3, -0.25) is 25.0 Å². The van der Waals surface area contributed by atoms with Crippen molar-refractivity contribution in [3.05, 3.63) is 56.7 Å². The van der Waals surface area contributed by atoms with Crippen LogP contribution in [0, 0.1) is 20.2 Å². The molecule has 152 valence electrons. The van der Waals surface area contributed by atoms with E-state index in [0.717, 1.165) is 32.1 Å². The topological polar surface area (TPSA) is 103 Å². The fraction of sp³-hybridized carbons (Fsp3) is 0.650. The molecule has 0 amide bonds. The average Bonchev–Trinajstić information content (AvgIpc) is 2.64. The molecular weight excluding hydrogens is 348 g/mol. The fourth-order valence-electron chi connectivity index (χ4n) is 2.51. The monoisotopic (exact) mass is 380 g/mol. The maximum atomic E-state index is 10.8. The van der Waals surface area contributed by atoms with E-state index in [4.69, 9.17) is 0 Å². The van der Waals surface area contributed by atoms with Crippen molar-refractivity contribution in [3.63, 3.8) is 0 Å². The third-order valence-corrected chi connectivity index (χ3v) is 4.26. The van der Waals surface area contributed by atoms with Crippen LogP contribution < -0.4 is 0 Å². The summed E-state index contributed by atoms with van der Waals surface area (Å²) < 4.78 is 0. The molecule has 0 aliphatic carbocycles. The van der Waals surface area contributed by atoms with Gasteiger partial charge in [0.1, 0.15) is 9.85 Å². The first-order valence-corrected chi connectivity index (χ1v) is 9.71. The molecule has 0 radical (unpaired) electrons. The minimum absolute atomic E-state index is 0.167. The lowest BCUT2D eigenvalue weighted by Crippen LogP contribution is -2.47. The molecule has 0 aromatic rings. The lowest BCUT2D eigenvalue weighted by Gasteiger charge is -2.10. The first kappa shape index (κ1) is 24.7. The molecule has 0 unspecified atom stereocenters. The van der Waals surface area contributed by atoms with Crippen molar-refractivity contribution in [1.82, 2.24) is 0 Å². The van der Waals surface area contributed by atoms with Crippen LogP contribution in [-0.4, -0.2) is 21.8 Å². The Morgan fingerprint density at radius 2 is 1.22 bits per heavy atom. The summed E-state index contributed by atoms with van der Waals surface area (Å²) in [7, 11) is 0. The third kappa shape index (κ3) is 11.1. The Labute approximate surface area is 161 Å². The number of carbonyl (C=O) groups excluding carboxylic acids is 1. The van der Waals surface area contributed by atoms with Gasteiger partial charge in [0.2, 0.25) is 0 Å². The summed E-state index contributed by atoms with van der Waals surface area (Å²) in [6.07, 6.45) is 21.5. The number of hydrogen-bond donors (Lipinski definition) is 0. The Morgan fingerprint density at radius 3 is 1.67 bits per heavy atom. The summed E-state index contributed by atoms with van der Waals surface area (Å²) in [5.74, 6) is 0. The van der Waals surface area contributed by atoms with E-state index in [1.165, 1.54) is 19.3 Å². The lowest BCUT2D eigenvalue weighted by atomic mass is 10.0. The molecule has 0 aromatic carbocycles. The van der Waals surface area contributed by atoms with Crippen molar-refractivity contribution in [2.75, 3.05) is 0 Å². The van der Waals surface area contributed by atoms with E-state index in [-0.39, 0.29) is 19.1 Å². The SMILES string of the molecule is CCCCCC=CCC=CCC=CCCCCCC(C=O)([N+](=O)[O-])[N+](=O)[O-]. The largest absolute Gasteiger partial charge is 0.512 e. The molecule has 0 aromatic heterocycles. The standard InChI is InChI=1S/C20H32N2O5/c1-2-3-4-5-6-7-8-9-10-11-12-13-14-15-16-17-18-20(19-23,21(24)25)22(26)27/h6-7,9-10,12-13,19H,2-5,8,11,14-18H2,1H3. The highest BCUT2D eigenvalue weighted by Crippen LogP contribution is 2.18. The first-order chi connectivity index (χ1) is 13.0. The Hall–Kier alpha value is -2.31. The van der Waals surface area contributed by atoms with Gasteiger partial charge in [-0.1, -0.05) is 62.6 Å². The molecule has 0 saturated heterocycles. The van der Waals surface area contributed by atoms with Crippen molar-refractivity contribution in [3.8, 4) is 0 Å². The fourth-order valence-corrected chi connectivity index (χ4v) is 2.51. The number of nitrogens with zero attached hydrogens (tertiary/aromatic N) is 2. The molecule has 0 heterocycles. The molecule has 0 N–H and O–H groups in total. The molecule has 27 heavy (non-hydrogen) atoms. The summed E-state index contributed by atoms with van der Waals surface area (Å²) in [6, 6.07) is 0. The Bertz CT molecular complexity index is 512. The zero-order chi connectivity index (χ0) is 20.4. The van der Waals surface area contributed by atoms with Gasteiger partial charge in [0.15, 0.2) is 0 Å². The van der Waals surface area contributed by atoms with Crippen LogP contribution in [0.1, 0.15) is 77.6 Å². The Morgan fingerprint density at radius 1 is 0.741 bits per heavy atom. The molecule has 7 heteroatoms. The Kier molecular flexibility index (Phi) is 14.5. The van der Waals surface area contributed by atoms with Crippen LogP contribution in [0.15, 0.2) is 36.5 Å². The third-order valence-electron chi connectivity index (χ3n) is 4.26. The number of rotatable bonds is 17. The number of unbranched alkanes of at least 4 members (excludes halogenated alkanes) is 6. The lowest BCUT2D eigenvalue weighted by molar-refractivity contribution is -0.774. The number of aldehydes is 1. The van der Waals surface area contributed by atoms with Gasteiger partial charge in [0.25, 0.3) is 6.29 Å². The zero-order valence-electron chi connectivity index (χ0n) is 16.3. The van der Waals surface area contributed by atoms with Gasteiger partial charge in [0, 0.05) is 0 Å². The summed E-state index contributed by atoms with van der Waals surface area (Å²) >= 11 is 0. The van der Waals surface area contributed by atoms with Gasteiger partial charge in [0.05, 0.1) is 6.42 Å². The molecule has 0 bridgehead atoms. The number of hydrogen-bond acceptors (Lipinski definition) is 5. The van der Waals surface area contributed by atoms with Crippen LogP contribution in [-0.2, 0) is 4.79 Å². The van der Waals surface area contributed by atoms with Crippen LogP contribution >= 0.6 is 0 Å². The van der Waals surface area contributed by atoms with Gasteiger partial charge in [-0.2, -0.15) is 0 Å². The van der Waals surface area contributed by atoms with Crippen LogP contribution in [0.4, 0.5) is 0 Å². The van der Waals surface area contributed by atoms with E-state index in [1.807, 2.05) is 6.08 Å². The van der Waals surface area contributed by atoms with E-state index < -0.39 is 15.5 Å². The van der Waals surface area contributed by atoms with Gasteiger partial charge in [-0.25, -0.2) is 0 Å². The molecule has 0 atom stereocenters. The zero-order valence-corrected chi connectivity index (χ0v) is 16.3. The van der Waals surface area contributed by atoms with Gasteiger partial charge in [-0.05, 0) is 44.9 Å². The van der Waals surface area contributed by atoms with Crippen molar-refractivity contribution >= 4 is 6.29 Å². The minimum atomic E-state index is -2.69. The van der Waals surface area contributed by atoms with Crippen molar-refractivity contribution in [2.45, 2.75) is 83.2 Å². The van der Waals surface area contributed by atoms with Crippen molar-refractivity contribution in [1.29, 1.82) is 0 Å². The highest BCUT2D eigenvalue weighted by molar-refractivity contribution is 5.59. The van der Waals surface area contributed by atoms with E-state index in [0.29, 0.717) is 6.42 Å². The summed E-state index contributed by atoms with van der Waals surface area (Å²) in [6.45, 7) is 2.20. The summed E-state index contributed by atoms with van der Waals surface area (Å²) in [5, 5.41) is 21.6. The molecule has 0 aliphatic rings. The quantitative estimate of drug-likeness (QED) is 0.0837. The molecule has 0 saturated carbocycles. The van der Waals surface area contributed by atoms with Crippen LogP contribution in [0.2, 0.25) is 0 Å². The van der Waals surface area contributed by atoms with Crippen LogP contribution in [0.25, 0.3) is 0 Å². The van der Waals surface area contributed by atoms with E-state index in [1.54, 1.807) is 0 Å². The number of allylic oxidation sites excluding steroid dienone is 6. The Balaban J connectivity index is 3.78. The van der Waals surface area contributed by atoms with Gasteiger partial charge in [-0.15, -0.1) is 0 Å². The average molecular weight is 380 g/mol. The summed E-state index contributed by atoms with van der Waals surface area (Å²) in [4.78, 5) is 30.2. The highest BCUT2D eigenvalue weighted by atomic mass is 16.7. The normalized spacial score (nSPS) is 12.3. The van der Waals surface area contributed by atoms with Gasteiger partial charge >= 0.3 is 5.66 Å². The second-order valence-electron chi connectivity index (χ2n) is 6.49. The minimum Gasteiger partial charge on any atom is -0.287 e. The first-order valence-electron chi connectivity index (χ1n) is 9.71. The molecule has 0 spiro atoms. The molecule has 0 aliphatic heterocycles. The van der Waals surface area contributed by atoms with E-state index >= 15 is 0 Å². The molecule has 7 nitrogen and oxygen atoms in total. The predicted octanol–water partition coefficient (Wildman–Crippen LogP) is 5.41. The van der Waals surface area contributed by atoms with E-state index in [9.17, 15) is 25.0 Å². The second kappa shape index (κ2) is 15.9. The summed E-state index contributed by atoms with van der Waals surface area (Å²) in [5.41, 5.74) is -2.69. The van der Waals surface area contributed by atoms with Crippen LogP contribution in [0.3, 0.4) is 0 Å². The predicted molar refractivity (Wildman–Crippen MR) is 107 cm³/mol. The van der Waals surface area contributed by atoms with Crippen molar-refractivity contribution in [2.24, 2.45) is 0 Å². The van der Waals surface area contributed by atoms with Gasteiger partial charge < -0.3 is 0 Å². The maximum Gasteiger partial charge on any atom is 0.512 e. The smallest absolute Gasteiger partial charge is 0.287 e. The van der Waals surface area contributed by atoms with E-state index in [2.05, 4.69) is 37.3 Å². The maximum absolute atomic E-state index is 10.8.